The molecule has 0 radical (unpaired) electrons. The summed E-state index contributed by atoms with van der Waals surface area (Å²) >= 11 is 0. The van der Waals surface area contributed by atoms with E-state index in [2.05, 4.69) is 18.4 Å². The van der Waals surface area contributed by atoms with Gasteiger partial charge in [-0.25, -0.2) is 4.79 Å². The minimum Gasteiger partial charge on any atom is -0.489 e. The highest BCUT2D eigenvalue weighted by Crippen LogP contribution is 2.27. The molecule has 1 N–H and O–H groups in total. The molecule has 0 unspecified atom stereocenters. The molecule has 1 heterocycles. The number of carbonyl (C=O) groups is 1. The lowest BCUT2D eigenvalue weighted by molar-refractivity contribution is 0.0697. The second-order valence-electron chi connectivity index (χ2n) is 5.79. The summed E-state index contributed by atoms with van der Waals surface area (Å²) in [6.07, 6.45) is 2.05. The van der Waals surface area contributed by atoms with Crippen LogP contribution in [0.25, 0.3) is 10.9 Å². The van der Waals surface area contributed by atoms with Gasteiger partial charge < -0.3 is 14.4 Å². The zero-order valence-corrected chi connectivity index (χ0v) is 13.2. The summed E-state index contributed by atoms with van der Waals surface area (Å²) < 4.78 is 7.93. The maximum Gasteiger partial charge on any atom is 0.335 e. The molecule has 0 aliphatic heterocycles. The quantitative estimate of drug-likeness (QED) is 0.755. The van der Waals surface area contributed by atoms with Crippen molar-refractivity contribution in [2.24, 2.45) is 0 Å². The molecule has 0 spiro atoms. The molecule has 0 aliphatic carbocycles. The first-order chi connectivity index (χ1) is 11.1. The maximum atomic E-state index is 11.2. The number of carboxylic acids is 1. The molecule has 4 nitrogen and oxygen atoms in total. The lowest BCUT2D eigenvalue weighted by atomic mass is 10.1. The van der Waals surface area contributed by atoms with E-state index >= 15 is 0 Å². The van der Waals surface area contributed by atoms with Crippen LogP contribution < -0.4 is 4.74 Å². The van der Waals surface area contributed by atoms with Crippen LogP contribution in [0.2, 0.25) is 0 Å². The molecular formula is C19H19NO3. The number of aromatic carboxylic acids is 1. The number of ether oxygens (including phenoxy) is 1. The smallest absolute Gasteiger partial charge is 0.335 e. The standard InChI is InChI=1S/C19H19NO3/c1-13(2)20-11-15(12-23-16-6-4-3-5-7-16)17-9-8-14(19(21)22)10-18(17)20/h3-11,13H,12H2,1-2H3,(H,21,22). The van der Waals surface area contributed by atoms with Gasteiger partial charge in [-0.05, 0) is 38.1 Å². The van der Waals surface area contributed by atoms with Crippen molar-refractivity contribution in [1.29, 1.82) is 0 Å². The average Bonchev–Trinajstić information content (AvgIpc) is 2.92. The van der Waals surface area contributed by atoms with Crippen LogP contribution in [-0.2, 0) is 6.61 Å². The number of aromatic nitrogens is 1. The van der Waals surface area contributed by atoms with Crippen molar-refractivity contribution in [3.05, 3.63) is 65.9 Å². The molecule has 2 aromatic carbocycles. The Morgan fingerprint density at radius 2 is 1.91 bits per heavy atom. The zero-order chi connectivity index (χ0) is 16.4. The molecule has 118 valence electrons. The van der Waals surface area contributed by atoms with Crippen LogP contribution in [-0.4, -0.2) is 15.6 Å². The van der Waals surface area contributed by atoms with E-state index in [0.29, 0.717) is 12.2 Å². The van der Waals surface area contributed by atoms with Gasteiger partial charge in [-0.2, -0.15) is 0 Å². The normalized spacial score (nSPS) is 11.1. The van der Waals surface area contributed by atoms with Gasteiger partial charge in [0.05, 0.1) is 5.56 Å². The van der Waals surface area contributed by atoms with Crippen molar-refractivity contribution in [3.8, 4) is 5.75 Å². The highest BCUT2D eigenvalue weighted by molar-refractivity contribution is 5.94. The van der Waals surface area contributed by atoms with Crippen molar-refractivity contribution in [1.82, 2.24) is 4.57 Å². The summed E-state index contributed by atoms with van der Waals surface area (Å²) in [6.45, 7) is 4.61. The molecule has 1 aromatic heterocycles. The van der Waals surface area contributed by atoms with Crippen molar-refractivity contribution >= 4 is 16.9 Å². The molecule has 0 aliphatic rings. The molecule has 0 saturated heterocycles. The molecule has 0 saturated carbocycles. The largest absolute Gasteiger partial charge is 0.489 e. The van der Waals surface area contributed by atoms with Gasteiger partial charge in [0.2, 0.25) is 0 Å². The van der Waals surface area contributed by atoms with Crippen molar-refractivity contribution in [3.63, 3.8) is 0 Å². The third kappa shape index (κ3) is 3.06. The Morgan fingerprint density at radius 3 is 2.57 bits per heavy atom. The van der Waals surface area contributed by atoms with Crippen LogP contribution in [0.15, 0.2) is 54.7 Å². The SMILES string of the molecule is CC(C)n1cc(COc2ccccc2)c2ccc(C(=O)O)cc21. The van der Waals surface area contributed by atoms with Gasteiger partial charge in [-0.3, -0.25) is 0 Å². The van der Waals surface area contributed by atoms with Crippen LogP contribution >= 0.6 is 0 Å². The third-order valence-corrected chi connectivity index (χ3v) is 3.86. The molecule has 3 aromatic rings. The Balaban J connectivity index is 1.98. The average molecular weight is 309 g/mol. The highest BCUT2D eigenvalue weighted by atomic mass is 16.5. The number of carboxylic acid groups (broad SMARTS) is 1. The topological polar surface area (TPSA) is 51.5 Å². The van der Waals surface area contributed by atoms with Gasteiger partial charge in [-0.1, -0.05) is 24.3 Å². The Kier molecular flexibility index (Phi) is 4.06. The predicted molar refractivity (Wildman–Crippen MR) is 90.1 cm³/mol. The molecular weight excluding hydrogens is 290 g/mol. The lowest BCUT2D eigenvalue weighted by Gasteiger charge is -2.09. The second kappa shape index (κ2) is 6.16. The van der Waals surface area contributed by atoms with Gasteiger partial charge in [0.15, 0.2) is 0 Å². The first kappa shape index (κ1) is 15.2. The number of para-hydroxylation sites is 1. The van der Waals surface area contributed by atoms with E-state index in [0.717, 1.165) is 22.2 Å². The Morgan fingerprint density at radius 1 is 1.17 bits per heavy atom. The molecule has 0 atom stereocenters. The highest BCUT2D eigenvalue weighted by Gasteiger charge is 2.13. The number of nitrogens with zero attached hydrogens (tertiary/aromatic N) is 1. The number of hydrogen-bond acceptors (Lipinski definition) is 2. The second-order valence-corrected chi connectivity index (χ2v) is 5.79. The lowest BCUT2D eigenvalue weighted by Crippen LogP contribution is -2.00. The number of rotatable bonds is 5. The number of benzene rings is 2. The zero-order valence-electron chi connectivity index (χ0n) is 13.2. The summed E-state index contributed by atoms with van der Waals surface area (Å²) in [4.78, 5) is 11.2. The monoisotopic (exact) mass is 309 g/mol. The summed E-state index contributed by atoms with van der Waals surface area (Å²) in [6, 6.07) is 15.1. The predicted octanol–water partition coefficient (Wildman–Crippen LogP) is 4.50. The van der Waals surface area contributed by atoms with E-state index in [9.17, 15) is 9.90 Å². The summed E-state index contributed by atoms with van der Waals surface area (Å²) in [5, 5.41) is 10.2. The van der Waals surface area contributed by atoms with E-state index in [-0.39, 0.29) is 6.04 Å². The van der Waals surface area contributed by atoms with Crippen LogP contribution in [0.1, 0.15) is 35.8 Å². The molecule has 0 bridgehead atoms. The Labute approximate surface area is 134 Å². The van der Waals surface area contributed by atoms with Gasteiger partial charge >= 0.3 is 5.97 Å². The van der Waals surface area contributed by atoms with Crippen LogP contribution in [0.3, 0.4) is 0 Å². The summed E-state index contributed by atoms with van der Waals surface area (Å²) in [5.74, 6) is -0.0920. The van der Waals surface area contributed by atoms with E-state index in [1.165, 1.54) is 0 Å². The van der Waals surface area contributed by atoms with Gasteiger partial charge in [0.1, 0.15) is 12.4 Å². The molecule has 0 fully saturated rings. The number of hydrogen-bond donors (Lipinski definition) is 1. The Hall–Kier alpha value is -2.75. The van der Waals surface area contributed by atoms with E-state index in [1.54, 1.807) is 12.1 Å². The minimum atomic E-state index is -0.912. The summed E-state index contributed by atoms with van der Waals surface area (Å²) in [7, 11) is 0. The van der Waals surface area contributed by atoms with E-state index < -0.39 is 5.97 Å². The fourth-order valence-corrected chi connectivity index (χ4v) is 2.68. The molecule has 23 heavy (non-hydrogen) atoms. The van der Waals surface area contributed by atoms with E-state index in [1.807, 2.05) is 42.6 Å². The van der Waals surface area contributed by atoms with Crippen molar-refractivity contribution in [2.45, 2.75) is 26.5 Å². The van der Waals surface area contributed by atoms with Gasteiger partial charge in [-0.15, -0.1) is 0 Å². The summed E-state index contributed by atoms with van der Waals surface area (Å²) in [5.41, 5.74) is 2.27. The van der Waals surface area contributed by atoms with Crippen molar-refractivity contribution in [2.75, 3.05) is 0 Å². The third-order valence-electron chi connectivity index (χ3n) is 3.86. The minimum absolute atomic E-state index is 0.243. The van der Waals surface area contributed by atoms with Crippen LogP contribution in [0, 0.1) is 0 Å². The van der Waals surface area contributed by atoms with Gasteiger partial charge in [0.25, 0.3) is 0 Å². The molecule has 0 amide bonds. The molecule has 3 rings (SSSR count). The number of fused-ring (bicyclic) bond motifs is 1. The first-order valence-electron chi connectivity index (χ1n) is 7.61. The van der Waals surface area contributed by atoms with Gasteiger partial charge in [0, 0.05) is 28.7 Å². The fourth-order valence-electron chi connectivity index (χ4n) is 2.68. The van der Waals surface area contributed by atoms with Crippen LogP contribution in [0.4, 0.5) is 0 Å². The maximum absolute atomic E-state index is 11.2. The molecule has 4 heteroatoms. The first-order valence-corrected chi connectivity index (χ1v) is 7.61. The van der Waals surface area contributed by atoms with Crippen LogP contribution in [0.5, 0.6) is 5.75 Å². The van der Waals surface area contributed by atoms with Crippen molar-refractivity contribution < 1.29 is 14.6 Å². The van der Waals surface area contributed by atoms with E-state index in [4.69, 9.17) is 4.74 Å². The fraction of sp³-hybridized carbons (Fsp3) is 0.211. The Bertz CT molecular complexity index is 834.